The lowest BCUT2D eigenvalue weighted by Gasteiger charge is -1.86. The Morgan fingerprint density at radius 2 is 2.62 bits per heavy atom. The molecule has 8 heavy (non-hydrogen) atoms. The molecule has 0 unspecified atom stereocenters. The lowest BCUT2D eigenvalue weighted by atomic mass is 10.5. The second kappa shape index (κ2) is 2.46. The topological polar surface area (TPSA) is 12.9 Å². The second-order valence-corrected chi connectivity index (χ2v) is 2.28. The van der Waals surface area contributed by atoms with Crippen LogP contribution in [0.2, 0.25) is 5.15 Å². The minimum Gasteiger partial charge on any atom is -0.245 e. The minimum absolute atomic E-state index is 0.0640. The summed E-state index contributed by atoms with van der Waals surface area (Å²) in [7, 11) is 0. The third-order valence-corrected chi connectivity index (χ3v) is 1.20. The van der Waals surface area contributed by atoms with Gasteiger partial charge in [0.1, 0.15) is 5.15 Å². The van der Waals surface area contributed by atoms with Gasteiger partial charge in [-0.1, -0.05) is 27.5 Å². The fourth-order valence-electron chi connectivity index (χ4n) is 0.305. The Kier molecular flexibility index (Phi) is 1.19. The SMILES string of the molecule is [2H]c1cnc(Cl)c([2H])c1Br. The molecule has 42 valence electrons. The number of hydrogen-bond donors (Lipinski definition) is 0. The van der Waals surface area contributed by atoms with Crippen molar-refractivity contribution in [2.24, 2.45) is 0 Å². The van der Waals surface area contributed by atoms with Crippen molar-refractivity contribution in [1.82, 2.24) is 4.98 Å². The maximum absolute atomic E-state index is 7.22. The molecule has 0 aliphatic heterocycles. The van der Waals surface area contributed by atoms with Crippen molar-refractivity contribution in [2.45, 2.75) is 0 Å². The maximum atomic E-state index is 7.22. The zero-order valence-electron chi connectivity index (χ0n) is 5.78. The molecule has 0 bridgehead atoms. The van der Waals surface area contributed by atoms with Crippen molar-refractivity contribution in [3.63, 3.8) is 0 Å². The van der Waals surface area contributed by atoms with Crippen LogP contribution >= 0.6 is 27.5 Å². The molecular formula is C5H3BrClN. The predicted molar refractivity (Wildman–Crippen MR) is 36.9 cm³/mol. The van der Waals surface area contributed by atoms with Gasteiger partial charge in [0.25, 0.3) is 0 Å². The highest BCUT2D eigenvalue weighted by atomic mass is 79.9. The summed E-state index contributed by atoms with van der Waals surface area (Å²) in [5.41, 5.74) is 0. The first-order chi connectivity index (χ1) is 4.63. The summed E-state index contributed by atoms with van der Waals surface area (Å²) in [6.45, 7) is 0. The van der Waals surface area contributed by atoms with Gasteiger partial charge in [0.05, 0.1) is 2.74 Å². The van der Waals surface area contributed by atoms with Crippen LogP contribution in [-0.4, -0.2) is 4.98 Å². The van der Waals surface area contributed by atoms with Crippen LogP contribution in [0, 0.1) is 0 Å². The van der Waals surface area contributed by atoms with E-state index in [1.807, 2.05) is 0 Å². The molecule has 0 atom stereocenters. The molecule has 1 rings (SSSR count). The van der Waals surface area contributed by atoms with Gasteiger partial charge in [0.2, 0.25) is 0 Å². The van der Waals surface area contributed by atoms with Crippen molar-refractivity contribution in [3.8, 4) is 0 Å². The van der Waals surface area contributed by atoms with Gasteiger partial charge < -0.3 is 0 Å². The van der Waals surface area contributed by atoms with Gasteiger partial charge in [-0.25, -0.2) is 4.98 Å². The highest BCUT2D eigenvalue weighted by molar-refractivity contribution is 9.10. The Bertz CT molecular complexity index is 239. The first-order valence-electron chi connectivity index (χ1n) is 2.90. The molecule has 1 nitrogen and oxygen atoms in total. The van der Waals surface area contributed by atoms with E-state index in [-0.39, 0.29) is 17.2 Å². The van der Waals surface area contributed by atoms with Gasteiger partial charge in [-0.3, -0.25) is 0 Å². The molecular weight excluding hydrogens is 189 g/mol. The molecule has 1 heterocycles. The normalized spacial score (nSPS) is 12.8. The first-order valence-corrected chi connectivity index (χ1v) is 3.07. The molecule has 1 aromatic rings. The molecule has 3 heteroatoms. The Morgan fingerprint density at radius 1 is 1.88 bits per heavy atom. The molecule has 0 saturated heterocycles. The molecule has 0 saturated carbocycles. The van der Waals surface area contributed by atoms with Gasteiger partial charge in [-0.05, 0) is 12.1 Å². The van der Waals surface area contributed by atoms with Gasteiger partial charge in [-0.15, -0.1) is 0 Å². The van der Waals surface area contributed by atoms with Crippen LogP contribution in [0.4, 0.5) is 0 Å². The van der Waals surface area contributed by atoms with Crippen LogP contribution in [0.15, 0.2) is 22.8 Å². The predicted octanol–water partition coefficient (Wildman–Crippen LogP) is 2.50. The number of rotatable bonds is 0. The second-order valence-electron chi connectivity index (χ2n) is 1.13. The summed E-state index contributed by atoms with van der Waals surface area (Å²) in [4.78, 5) is 3.60. The number of nitrogens with zero attached hydrogens (tertiary/aromatic N) is 1. The van der Waals surface area contributed by atoms with Crippen molar-refractivity contribution >= 4 is 27.5 Å². The lowest BCUT2D eigenvalue weighted by Crippen LogP contribution is -1.69. The van der Waals surface area contributed by atoms with E-state index in [0.29, 0.717) is 4.47 Å². The number of aromatic nitrogens is 1. The van der Waals surface area contributed by atoms with Gasteiger partial charge in [0, 0.05) is 10.7 Å². The monoisotopic (exact) mass is 193 g/mol. The zero-order valence-corrected chi connectivity index (χ0v) is 6.12. The van der Waals surface area contributed by atoms with Crippen LogP contribution < -0.4 is 0 Å². The van der Waals surface area contributed by atoms with E-state index in [1.165, 1.54) is 6.20 Å². The number of hydrogen-bond acceptors (Lipinski definition) is 1. The fraction of sp³-hybridized carbons (Fsp3) is 0. The van der Waals surface area contributed by atoms with Gasteiger partial charge in [0.15, 0.2) is 0 Å². The summed E-state index contributed by atoms with van der Waals surface area (Å²) in [6, 6.07) is 0.239. The van der Waals surface area contributed by atoms with Crippen molar-refractivity contribution in [3.05, 3.63) is 27.9 Å². The highest BCUT2D eigenvalue weighted by Gasteiger charge is 1.86. The maximum Gasteiger partial charge on any atom is 0.130 e. The van der Waals surface area contributed by atoms with Gasteiger partial charge in [-0.2, -0.15) is 0 Å². The number of pyridine rings is 1. The molecule has 0 N–H and O–H groups in total. The fourth-order valence-corrected chi connectivity index (χ4v) is 0.852. The lowest BCUT2D eigenvalue weighted by molar-refractivity contribution is 1.32. The van der Waals surface area contributed by atoms with E-state index < -0.39 is 0 Å². The smallest absolute Gasteiger partial charge is 0.130 e. The Labute approximate surface area is 63.6 Å². The Morgan fingerprint density at radius 3 is 3.25 bits per heavy atom. The van der Waals surface area contributed by atoms with E-state index in [9.17, 15) is 0 Å². The quantitative estimate of drug-likeness (QED) is 0.578. The summed E-state index contributed by atoms with van der Waals surface area (Å²) >= 11 is 8.50. The third-order valence-electron chi connectivity index (χ3n) is 0.582. The zero-order chi connectivity index (χ0) is 7.72. The molecule has 0 fully saturated rings. The van der Waals surface area contributed by atoms with Crippen molar-refractivity contribution in [2.75, 3.05) is 0 Å². The third kappa shape index (κ3) is 1.46. The Balaban J connectivity index is 3.34. The summed E-state index contributed by atoms with van der Waals surface area (Å²) in [5.74, 6) is 0. The average molecular weight is 194 g/mol. The minimum atomic E-state index is 0.0640. The number of halogens is 2. The summed E-state index contributed by atoms with van der Waals surface area (Å²) in [5, 5.41) is 0.114. The van der Waals surface area contributed by atoms with E-state index >= 15 is 0 Å². The standard InChI is InChI=1S/C5H3BrClN/c6-4-1-2-8-5(7)3-4/h1-3H/i1D,3D. The molecule has 1 aromatic heterocycles. The molecule has 0 spiro atoms. The van der Waals surface area contributed by atoms with E-state index in [4.69, 9.17) is 14.3 Å². The Hall–Kier alpha value is -0.0800. The van der Waals surface area contributed by atoms with Gasteiger partial charge >= 0.3 is 0 Å². The average Bonchev–Trinajstić information content (AvgIpc) is 1.93. The van der Waals surface area contributed by atoms with E-state index in [1.54, 1.807) is 0 Å². The van der Waals surface area contributed by atoms with Crippen LogP contribution in [0.25, 0.3) is 0 Å². The molecule has 0 radical (unpaired) electrons. The summed E-state index contributed by atoms with van der Waals surface area (Å²) < 4.78 is 14.8. The van der Waals surface area contributed by atoms with Crippen LogP contribution in [-0.2, 0) is 0 Å². The molecule has 0 amide bonds. The summed E-state index contributed by atoms with van der Waals surface area (Å²) in [6.07, 6.45) is 1.30. The van der Waals surface area contributed by atoms with E-state index in [0.717, 1.165) is 0 Å². The highest BCUT2D eigenvalue weighted by Crippen LogP contribution is 2.11. The van der Waals surface area contributed by atoms with Crippen LogP contribution in [0.5, 0.6) is 0 Å². The van der Waals surface area contributed by atoms with Crippen molar-refractivity contribution < 1.29 is 2.74 Å². The van der Waals surface area contributed by atoms with Crippen molar-refractivity contribution in [1.29, 1.82) is 0 Å². The molecule has 0 aliphatic rings. The van der Waals surface area contributed by atoms with E-state index in [2.05, 4.69) is 20.9 Å². The van der Waals surface area contributed by atoms with Crippen LogP contribution in [0.1, 0.15) is 2.74 Å². The first kappa shape index (κ1) is 3.85. The van der Waals surface area contributed by atoms with Crippen LogP contribution in [0.3, 0.4) is 0 Å². The molecule has 0 aromatic carbocycles. The molecule has 0 aliphatic carbocycles. The largest absolute Gasteiger partial charge is 0.245 e.